The predicted octanol–water partition coefficient (Wildman–Crippen LogP) is 1.29. The molecule has 0 aliphatic rings. The zero-order valence-corrected chi connectivity index (χ0v) is 9.97. The zero-order chi connectivity index (χ0) is 11.5. The van der Waals surface area contributed by atoms with E-state index in [1.807, 2.05) is 13.0 Å². The maximum absolute atomic E-state index is 11.3. The van der Waals surface area contributed by atoms with Crippen molar-refractivity contribution in [1.82, 2.24) is 0 Å². The highest BCUT2D eigenvalue weighted by molar-refractivity contribution is 7.90. The molecule has 1 aromatic rings. The normalized spacial score (nSPS) is 11.7. The Morgan fingerprint density at radius 3 is 2.47 bits per heavy atom. The summed E-state index contributed by atoms with van der Waals surface area (Å²) in [6, 6.07) is 5.26. The molecule has 0 amide bonds. The molecule has 84 valence electrons. The Morgan fingerprint density at radius 2 is 2.00 bits per heavy atom. The Kier molecular flexibility index (Phi) is 3.88. The second-order valence-electron chi connectivity index (χ2n) is 3.75. The molecule has 0 atom stereocenters. The molecule has 0 unspecified atom stereocenters. The minimum absolute atomic E-state index is 0.386. The van der Waals surface area contributed by atoms with Gasteiger partial charge in [0.2, 0.25) is 0 Å². The van der Waals surface area contributed by atoms with E-state index in [4.69, 9.17) is 5.73 Å². The summed E-state index contributed by atoms with van der Waals surface area (Å²) in [5.41, 5.74) is 7.62. The average molecular weight is 227 g/mol. The lowest BCUT2D eigenvalue weighted by molar-refractivity contribution is 0.601. The van der Waals surface area contributed by atoms with Crippen LogP contribution in [0.3, 0.4) is 0 Å². The summed E-state index contributed by atoms with van der Waals surface area (Å²) >= 11 is 0. The van der Waals surface area contributed by atoms with E-state index in [-0.39, 0.29) is 0 Å². The quantitative estimate of drug-likeness (QED) is 0.843. The number of rotatable bonds is 4. The van der Waals surface area contributed by atoms with Crippen LogP contribution < -0.4 is 5.73 Å². The van der Waals surface area contributed by atoms with Gasteiger partial charge in [0.1, 0.15) is 0 Å². The summed E-state index contributed by atoms with van der Waals surface area (Å²) in [5, 5.41) is 0. The van der Waals surface area contributed by atoms with E-state index in [1.165, 1.54) is 11.8 Å². The van der Waals surface area contributed by atoms with E-state index >= 15 is 0 Å². The predicted molar refractivity (Wildman–Crippen MR) is 61.7 cm³/mol. The van der Waals surface area contributed by atoms with E-state index in [0.717, 1.165) is 18.4 Å². The summed E-state index contributed by atoms with van der Waals surface area (Å²) in [7, 11) is -3.09. The van der Waals surface area contributed by atoms with Crippen LogP contribution in [-0.2, 0) is 16.3 Å². The molecular weight excluding hydrogens is 210 g/mol. The van der Waals surface area contributed by atoms with Gasteiger partial charge >= 0.3 is 0 Å². The molecule has 0 aliphatic carbocycles. The number of benzene rings is 1. The third-order valence-electron chi connectivity index (χ3n) is 2.39. The van der Waals surface area contributed by atoms with Crippen LogP contribution in [0.1, 0.15) is 17.5 Å². The Bertz CT molecular complexity index is 438. The molecule has 2 N–H and O–H groups in total. The highest BCUT2D eigenvalue weighted by Gasteiger charge is 2.08. The number of hydrogen-bond donors (Lipinski definition) is 1. The van der Waals surface area contributed by atoms with Crippen LogP contribution in [0.25, 0.3) is 0 Å². The van der Waals surface area contributed by atoms with Crippen molar-refractivity contribution in [2.75, 3.05) is 12.8 Å². The van der Waals surface area contributed by atoms with Crippen LogP contribution in [0.5, 0.6) is 0 Å². The largest absolute Gasteiger partial charge is 0.330 e. The minimum Gasteiger partial charge on any atom is -0.330 e. The van der Waals surface area contributed by atoms with Crippen molar-refractivity contribution in [3.63, 3.8) is 0 Å². The first-order valence-corrected chi connectivity index (χ1v) is 6.84. The van der Waals surface area contributed by atoms with Crippen molar-refractivity contribution < 1.29 is 8.42 Å². The van der Waals surface area contributed by atoms with Gasteiger partial charge in [0.05, 0.1) is 4.90 Å². The molecule has 1 aromatic carbocycles. The second kappa shape index (κ2) is 4.77. The summed E-state index contributed by atoms with van der Waals surface area (Å²) in [5.74, 6) is 0. The number of hydrogen-bond acceptors (Lipinski definition) is 3. The molecule has 4 heteroatoms. The molecule has 1 rings (SSSR count). The van der Waals surface area contributed by atoms with E-state index in [2.05, 4.69) is 0 Å². The molecule has 15 heavy (non-hydrogen) atoms. The van der Waals surface area contributed by atoms with Gasteiger partial charge in [-0.1, -0.05) is 6.07 Å². The monoisotopic (exact) mass is 227 g/mol. The highest BCUT2D eigenvalue weighted by atomic mass is 32.2. The summed E-state index contributed by atoms with van der Waals surface area (Å²) in [4.78, 5) is 0.386. The first kappa shape index (κ1) is 12.2. The first-order valence-electron chi connectivity index (χ1n) is 4.95. The third-order valence-corrected chi connectivity index (χ3v) is 3.50. The number of nitrogens with two attached hydrogens (primary N) is 1. The smallest absolute Gasteiger partial charge is 0.175 e. The van der Waals surface area contributed by atoms with Gasteiger partial charge in [0.25, 0.3) is 0 Å². The highest BCUT2D eigenvalue weighted by Crippen LogP contribution is 2.16. The van der Waals surface area contributed by atoms with Crippen LogP contribution in [0.2, 0.25) is 0 Å². The van der Waals surface area contributed by atoms with Crippen LogP contribution in [0.15, 0.2) is 23.1 Å². The standard InChI is InChI=1S/C11H17NO2S/c1-9-8-11(15(2,13)14)6-5-10(9)4-3-7-12/h5-6,8H,3-4,7,12H2,1-2H3. The Balaban J connectivity index is 2.99. The lowest BCUT2D eigenvalue weighted by Gasteiger charge is -2.06. The average Bonchev–Trinajstić information content (AvgIpc) is 2.14. The summed E-state index contributed by atoms with van der Waals surface area (Å²) in [6.45, 7) is 2.59. The molecule has 0 radical (unpaired) electrons. The van der Waals surface area contributed by atoms with Crippen molar-refractivity contribution in [2.45, 2.75) is 24.7 Å². The molecule has 3 nitrogen and oxygen atoms in total. The molecule has 0 saturated heterocycles. The lowest BCUT2D eigenvalue weighted by Crippen LogP contribution is -2.03. The Morgan fingerprint density at radius 1 is 1.33 bits per heavy atom. The number of aryl methyl sites for hydroxylation is 2. The van der Waals surface area contributed by atoms with E-state index in [1.54, 1.807) is 12.1 Å². The van der Waals surface area contributed by atoms with Crippen LogP contribution in [-0.4, -0.2) is 21.2 Å². The lowest BCUT2D eigenvalue weighted by atomic mass is 10.0. The SMILES string of the molecule is Cc1cc(S(C)(=O)=O)ccc1CCCN. The molecule has 0 heterocycles. The molecule has 0 fully saturated rings. The van der Waals surface area contributed by atoms with Gasteiger partial charge in [0, 0.05) is 6.26 Å². The van der Waals surface area contributed by atoms with E-state index in [0.29, 0.717) is 11.4 Å². The fourth-order valence-electron chi connectivity index (χ4n) is 1.47. The van der Waals surface area contributed by atoms with Crippen molar-refractivity contribution in [3.8, 4) is 0 Å². The van der Waals surface area contributed by atoms with Crippen LogP contribution >= 0.6 is 0 Å². The topological polar surface area (TPSA) is 60.2 Å². The summed E-state index contributed by atoms with van der Waals surface area (Å²) in [6.07, 6.45) is 3.06. The molecular formula is C11H17NO2S. The Hall–Kier alpha value is -0.870. The molecule has 0 bridgehead atoms. The van der Waals surface area contributed by atoms with Gasteiger partial charge in [-0.15, -0.1) is 0 Å². The van der Waals surface area contributed by atoms with E-state index < -0.39 is 9.84 Å². The maximum Gasteiger partial charge on any atom is 0.175 e. The van der Waals surface area contributed by atoms with Gasteiger partial charge in [-0.05, 0) is 49.6 Å². The summed E-state index contributed by atoms with van der Waals surface area (Å²) < 4.78 is 22.6. The fourth-order valence-corrected chi connectivity index (χ4v) is 2.18. The fraction of sp³-hybridized carbons (Fsp3) is 0.455. The Labute approximate surface area is 91.2 Å². The molecule has 0 aliphatic heterocycles. The van der Waals surface area contributed by atoms with Gasteiger partial charge < -0.3 is 5.73 Å². The van der Waals surface area contributed by atoms with Crippen molar-refractivity contribution in [3.05, 3.63) is 29.3 Å². The molecule has 0 saturated carbocycles. The van der Waals surface area contributed by atoms with Crippen LogP contribution in [0, 0.1) is 6.92 Å². The molecule has 0 spiro atoms. The van der Waals surface area contributed by atoms with Gasteiger partial charge in [-0.3, -0.25) is 0 Å². The number of sulfone groups is 1. The van der Waals surface area contributed by atoms with Crippen molar-refractivity contribution in [2.24, 2.45) is 5.73 Å². The third kappa shape index (κ3) is 3.32. The zero-order valence-electron chi connectivity index (χ0n) is 9.16. The maximum atomic E-state index is 11.3. The minimum atomic E-state index is -3.09. The second-order valence-corrected chi connectivity index (χ2v) is 5.77. The van der Waals surface area contributed by atoms with Gasteiger partial charge in [-0.2, -0.15) is 0 Å². The molecule has 0 aromatic heterocycles. The van der Waals surface area contributed by atoms with E-state index in [9.17, 15) is 8.42 Å². The van der Waals surface area contributed by atoms with Gasteiger partial charge in [-0.25, -0.2) is 8.42 Å². The van der Waals surface area contributed by atoms with Gasteiger partial charge in [0.15, 0.2) is 9.84 Å². The van der Waals surface area contributed by atoms with Crippen LogP contribution in [0.4, 0.5) is 0 Å². The first-order chi connectivity index (χ1) is 6.95. The van der Waals surface area contributed by atoms with Crippen molar-refractivity contribution >= 4 is 9.84 Å². The van der Waals surface area contributed by atoms with Crippen molar-refractivity contribution in [1.29, 1.82) is 0 Å².